The number of benzene rings is 1. The lowest BCUT2D eigenvalue weighted by molar-refractivity contribution is -0.144. The van der Waals surface area contributed by atoms with Gasteiger partial charge in [0.25, 0.3) is 0 Å². The molecule has 0 aliphatic rings. The number of carbonyl (C=O) groups excluding carboxylic acids is 3. The summed E-state index contributed by atoms with van der Waals surface area (Å²) in [6, 6.07) is 5.67. The Morgan fingerprint density at radius 1 is 1.07 bits per heavy atom. The molecule has 0 aliphatic carbocycles. The van der Waals surface area contributed by atoms with Crippen molar-refractivity contribution in [3.63, 3.8) is 0 Å². The van der Waals surface area contributed by atoms with Crippen LogP contribution in [0, 0.1) is 20.8 Å². The minimum atomic E-state index is -0.633. The fraction of sp³-hybridized carbons (Fsp3) is 0.409. The number of carbonyl (C=O) groups is 3. The molecule has 0 aliphatic heterocycles. The summed E-state index contributed by atoms with van der Waals surface area (Å²) in [5.41, 5.74) is 4.30. The van der Waals surface area contributed by atoms with E-state index in [1.54, 1.807) is 13.8 Å². The van der Waals surface area contributed by atoms with Crippen molar-refractivity contribution in [2.24, 2.45) is 0 Å². The Morgan fingerprint density at radius 2 is 1.75 bits per heavy atom. The maximum absolute atomic E-state index is 12.3. The molecule has 0 saturated heterocycles. The van der Waals surface area contributed by atoms with Crippen molar-refractivity contribution in [1.29, 1.82) is 0 Å². The summed E-state index contributed by atoms with van der Waals surface area (Å²) in [6.45, 7) is 10.4. The van der Waals surface area contributed by atoms with Gasteiger partial charge in [-0.1, -0.05) is 19.9 Å². The van der Waals surface area contributed by atoms with Gasteiger partial charge < -0.3 is 14.5 Å². The first-order chi connectivity index (χ1) is 13.1. The lowest BCUT2D eigenvalue weighted by atomic mass is 9.98. The molecule has 6 heteroatoms. The molecule has 2 aromatic rings. The monoisotopic (exact) mass is 385 g/mol. The number of hydrogen-bond donors (Lipinski definition) is 1. The third kappa shape index (κ3) is 4.88. The summed E-state index contributed by atoms with van der Waals surface area (Å²) in [6.07, 6.45) is 0. The van der Waals surface area contributed by atoms with E-state index in [9.17, 15) is 14.4 Å². The minimum Gasteiger partial charge on any atom is -0.482 e. The molecule has 0 unspecified atom stereocenters. The number of aromatic amines is 1. The van der Waals surface area contributed by atoms with Crippen LogP contribution in [0.3, 0.4) is 0 Å². The van der Waals surface area contributed by atoms with Gasteiger partial charge >= 0.3 is 5.97 Å². The third-order valence-corrected chi connectivity index (χ3v) is 4.65. The summed E-state index contributed by atoms with van der Waals surface area (Å²) in [7, 11) is 0. The second kappa shape index (κ2) is 8.87. The normalized spacial score (nSPS) is 10.8. The van der Waals surface area contributed by atoms with Gasteiger partial charge in [-0.05, 0) is 62.4 Å². The Kier molecular flexibility index (Phi) is 6.78. The van der Waals surface area contributed by atoms with E-state index in [2.05, 4.69) is 18.8 Å². The van der Waals surface area contributed by atoms with Crippen LogP contribution in [0.4, 0.5) is 0 Å². The van der Waals surface area contributed by atoms with E-state index in [4.69, 9.17) is 9.47 Å². The van der Waals surface area contributed by atoms with Crippen LogP contribution in [0.2, 0.25) is 0 Å². The highest BCUT2D eigenvalue weighted by atomic mass is 16.6. The highest BCUT2D eigenvalue weighted by Crippen LogP contribution is 2.23. The van der Waals surface area contributed by atoms with Gasteiger partial charge in [-0.3, -0.25) is 9.59 Å². The van der Waals surface area contributed by atoms with Crippen molar-refractivity contribution >= 4 is 17.5 Å². The number of nitrogens with one attached hydrogen (secondary N) is 1. The summed E-state index contributed by atoms with van der Waals surface area (Å²) >= 11 is 0. The van der Waals surface area contributed by atoms with Gasteiger partial charge in [0.05, 0.1) is 5.69 Å². The number of aromatic nitrogens is 1. The van der Waals surface area contributed by atoms with Crippen molar-refractivity contribution in [3.05, 3.63) is 51.8 Å². The Bertz CT molecular complexity index is 908. The van der Waals surface area contributed by atoms with Gasteiger partial charge in [0.1, 0.15) is 5.75 Å². The molecule has 28 heavy (non-hydrogen) atoms. The first kappa shape index (κ1) is 21.4. The van der Waals surface area contributed by atoms with Crippen LogP contribution in [0.1, 0.15) is 69.9 Å². The third-order valence-electron chi connectivity index (χ3n) is 4.65. The maximum atomic E-state index is 12.3. The van der Waals surface area contributed by atoms with E-state index in [-0.39, 0.29) is 18.1 Å². The van der Waals surface area contributed by atoms with Crippen molar-refractivity contribution < 1.29 is 23.9 Å². The topological polar surface area (TPSA) is 85.5 Å². The number of ketones is 2. The number of aryl methyl sites for hydroxylation is 2. The highest BCUT2D eigenvalue weighted by Gasteiger charge is 2.20. The quantitative estimate of drug-likeness (QED) is 0.547. The van der Waals surface area contributed by atoms with Crippen molar-refractivity contribution in [2.75, 3.05) is 13.2 Å². The molecular formula is C22H27NO5. The Hall–Kier alpha value is -2.89. The Labute approximate surface area is 165 Å². The Morgan fingerprint density at radius 3 is 2.29 bits per heavy atom. The number of Topliss-reactive ketones (excluding diaryl/α,β-unsaturated/α-hetero) is 2. The molecule has 0 spiro atoms. The van der Waals surface area contributed by atoms with Crippen LogP contribution in [0.25, 0.3) is 0 Å². The fourth-order valence-electron chi connectivity index (χ4n) is 3.34. The van der Waals surface area contributed by atoms with E-state index >= 15 is 0 Å². The first-order valence-electron chi connectivity index (χ1n) is 9.24. The predicted molar refractivity (Wildman–Crippen MR) is 106 cm³/mol. The molecule has 2 rings (SSSR count). The molecule has 1 heterocycles. The van der Waals surface area contributed by atoms with Crippen LogP contribution < -0.4 is 4.74 Å². The van der Waals surface area contributed by atoms with Gasteiger partial charge in [0, 0.05) is 11.3 Å². The predicted octanol–water partition coefficient (Wildman–Crippen LogP) is 4.07. The van der Waals surface area contributed by atoms with E-state index in [0.717, 1.165) is 5.56 Å². The van der Waals surface area contributed by atoms with E-state index in [1.807, 2.05) is 25.1 Å². The van der Waals surface area contributed by atoms with E-state index < -0.39 is 18.4 Å². The molecule has 1 N–H and O–H groups in total. The van der Waals surface area contributed by atoms with Crippen LogP contribution in [-0.2, 0) is 9.53 Å². The van der Waals surface area contributed by atoms with Crippen LogP contribution in [0.5, 0.6) is 5.75 Å². The van der Waals surface area contributed by atoms with Crippen molar-refractivity contribution in [2.45, 2.75) is 47.5 Å². The fourth-order valence-corrected chi connectivity index (χ4v) is 3.34. The lowest BCUT2D eigenvalue weighted by Crippen LogP contribution is -2.20. The zero-order valence-electron chi connectivity index (χ0n) is 17.3. The van der Waals surface area contributed by atoms with Gasteiger partial charge in [0.15, 0.2) is 19.0 Å². The van der Waals surface area contributed by atoms with Crippen LogP contribution >= 0.6 is 0 Å². The molecule has 1 aromatic heterocycles. The van der Waals surface area contributed by atoms with Crippen molar-refractivity contribution in [1.82, 2.24) is 4.98 Å². The zero-order valence-corrected chi connectivity index (χ0v) is 17.3. The van der Waals surface area contributed by atoms with Crippen LogP contribution in [0.15, 0.2) is 18.2 Å². The molecule has 0 fully saturated rings. The van der Waals surface area contributed by atoms with Crippen molar-refractivity contribution in [3.8, 4) is 5.75 Å². The van der Waals surface area contributed by atoms with Gasteiger partial charge in [-0.25, -0.2) is 4.79 Å². The van der Waals surface area contributed by atoms with E-state index in [1.165, 1.54) is 12.5 Å². The number of H-pyrrole nitrogens is 1. The zero-order chi connectivity index (χ0) is 21.0. The number of esters is 1. The smallest absolute Gasteiger partial charge is 0.344 e. The van der Waals surface area contributed by atoms with Gasteiger partial charge in [-0.15, -0.1) is 0 Å². The highest BCUT2D eigenvalue weighted by molar-refractivity contribution is 6.04. The molecular weight excluding hydrogens is 358 g/mol. The second-order valence-electron chi connectivity index (χ2n) is 7.23. The number of rotatable bonds is 8. The second-order valence-corrected chi connectivity index (χ2v) is 7.23. The summed E-state index contributed by atoms with van der Waals surface area (Å²) in [5, 5.41) is 0. The average molecular weight is 385 g/mol. The largest absolute Gasteiger partial charge is 0.482 e. The Balaban J connectivity index is 1.91. The average Bonchev–Trinajstić information content (AvgIpc) is 2.92. The minimum absolute atomic E-state index is 0.116. The molecule has 0 amide bonds. The summed E-state index contributed by atoms with van der Waals surface area (Å²) < 4.78 is 10.5. The molecule has 0 radical (unpaired) electrons. The molecule has 0 bridgehead atoms. The van der Waals surface area contributed by atoms with Gasteiger partial charge in [-0.2, -0.15) is 0 Å². The number of hydrogen-bond acceptors (Lipinski definition) is 5. The first-order valence-corrected chi connectivity index (χ1v) is 9.24. The molecule has 6 nitrogen and oxygen atoms in total. The molecule has 0 atom stereocenters. The molecule has 150 valence electrons. The van der Waals surface area contributed by atoms with Crippen LogP contribution in [-0.4, -0.2) is 35.7 Å². The standard InChI is InChI=1S/C22H27NO5/c1-12(2)18-8-7-17(9-13(18)3)27-11-20(26)28-10-19(25)22-14(4)21(16(6)24)15(5)23-22/h7-9,12,23H,10-11H2,1-6H3. The summed E-state index contributed by atoms with van der Waals surface area (Å²) in [4.78, 5) is 38.8. The summed E-state index contributed by atoms with van der Waals surface area (Å²) in [5.74, 6) is -0.152. The maximum Gasteiger partial charge on any atom is 0.344 e. The molecule has 0 saturated carbocycles. The van der Waals surface area contributed by atoms with Gasteiger partial charge in [0.2, 0.25) is 5.78 Å². The SMILES string of the molecule is CC(=O)c1c(C)[nH]c(C(=O)COC(=O)COc2ccc(C(C)C)c(C)c2)c1C. The lowest BCUT2D eigenvalue weighted by Gasteiger charge is -2.12. The van der Waals surface area contributed by atoms with E-state index in [0.29, 0.717) is 28.5 Å². The molecule has 1 aromatic carbocycles. The number of ether oxygens (including phenoxy) is 2.